The molecule has 4 rings (SSSR count). The molecule has 38 heavy (non-hydrogen) atoms. The maximum Gasteiger partial charge on any atom is 0.311 e. The summed E-state index contributed by atoms with van der Waals surface area (Å²) in [7, 11) is 0. The van der Waals surface area contributed by atoms with Crippen molar-refractivity contribution in [1.82, 2.24) is 4.98 Å². The molecular weight excluding hydrogens is 478 g/mol. The molecule has 6 nitrogen and oxygen atoms in total. The number of ether oxygens (including phenoxy) is 1. The number of pyridine rings is 1. The van der Waals surface area contributed by atoms with Gasteiger partial charge in [-0.05, 0) is 127 Å². The zero-order chi connectivity index (χ0) is 28.1. The molecule has 1 heterocycles. The van der Waals surface area contributed by atoms with E-state index in [9.17, 15) is 19.8 Å². The lowest BCUT2D eigenvalue weighted by Crippen LogP contribution is -2.53. The maximum absolute atomic E-state index is 12.7. The monoisotopic (exact) mass is 527 g/mol. The van der Waals surface area contributed by atoms with E-state index in [4.69, 9.17) is 9.72 Å². The highest BCUT2D eigenvalue weighted by Crippen LogP contribution is 2.62. The summed E-state index contributed by atoms with van der Waals surface area (Å²) in [6.45, 7) is 14.1. The van der Waals surface area contributed by atoms with Crippen molar-refractivity contribution in [2.75, 3.05) is 6.61 Å². The van der Waals surface area contributed by atoms with E-state index < -0.39 is 16.8 Å². The first-order valence-electron chi connectivity index (χ1n) is 14.6. The summed E-state index contributed by atoms with van der Waals surface area (Å²) >= 11 is 0. The third-order valence-corrected chi connectivity index (χ3v) is 10.8. The molecule has 0 amide bonds. The summed E-state index contributed by atoms with van der Waals surface area (Å²) in [4.78, 5) is 29.5. The quantitative estimate of drug-likeness (QED) is 0.411. The van der Waals surface area contributed by atoms with Gasteiger partial charge < -0.3 is 14.9 Å². The Kier molecular flexibility index (Phi) is 7.81. The van der Waals surface area contributed by atoms with Crippen molar-refractivity contribution in [2.24, 2.45) is 39.9 Å². The first kappa shape index (κ1) is 29.0. The predicted molar refractivity (Wildman–Crippen MR) is 148 cm³/mol. The molecule has 2 fully saturated rings. The summed E-state index contributed by atoms with van der Waals surface area (Å²) < 4.78 is 6.01. The summed E-state index contributed by atoms with van der Waals surface area (Å²) in [5.74, 6) is 0.115. The SMILES string of the molecule is CC(C)(C)C(=O)O[C@H]1CC[C@@](C)([C@H]2CC[C@]3(C)c4ncccc4C[C@H]3[C@@H]2CO)[C@@H](CCC(C)(C)C(=O)O)C1. The second-order valence-electron chi connectivity index (χ2n) is 14.7. The largest absolute Gasteiger partial charge is 0.481 e. The molecule has 0 bridgehead atoms. The van der Waals surface area contributed by atoms with Crippen LogP contribution in [0.15, 0.2) is 18.3 Å². The van der Waals surface area contributed by atoms with Crippen LogP contribution < -0.4 is 0 Å². The fraction of sp³-hybridized carbons (Fsp3) is 0.781. The normalized spacial score (nSPS) is 35.3. The summed E-state index contributed by atoms with van der Waals surface area (Å²) in [6, 6.07) is 4.22. The number of carboxylic acids is 1. The van der Waals surface area contributed by atoms with Crippen molar-refractivity contribution in [1.29, 1.82) is 0 Å². The number of hydrogen-bond acceptors (Lipinski definition) is 5. The Morgan fingerprint density at radius 2 is 1.82 bits per heavy atom. The van der Waals surface area contributed by atoms with Crippen LogP contribution in [-0.4, -0.2) is 39.8 Å². The van der Waals surface area contributed by atoms with Crippen LogP contribution in [0.5, 0.6) is 0 Å². The van der Waals surface area contributed by atoms with Gasteiger partial charge in [-0.3, -0.25) is 14.6 Å². The number of carbonyl (C=O) groups is 2. The lowest BCUT2D eigenvalue weighted by atomic mass is 9.49. The number of aliphatic hydroxyl groups is 1. The number of rotatable bonds is 7. The molecule has 1 aromatic rings. The molecule has 2 saturated carbocycles. The second-order valence-corrected chi connectivity index (χ2v) is 14.7. The Balaban J connectivity index is 1.61. The summed E-state index contributed by atoms with van der Waals surface area (Å²) in [5, 5.41) is 20.7. The van der Waals surface area contributed by atoms with Gasteiger partial charge in [0, 0.05) is 23.9 Å². The molecule has 0 unspecified atom stereocenters. The number of aliphatic carboxylic acids is 1. The highest BCUT2D eigenvalue weighted by Gasteiger charge is 2.58. The number of fused-ring (bicyclic) bond motifs is 3. The number of carboxylic acid groups (broad SMARTS) is 1. The Morgan fingerprint density at radius 1 is 1.11 bits per heavy atom. The molecule has 0 spiro atoms. The zero-order valence-electron chi connectivity index (χ0n) is 24.5. The molecule has 6 heteroatoms. The highest BCUT2D eigenvalue weighted by molar-refractivity contribution is 5.75. The van der Waals surface area contributed by atoms with E-state index in [1.807, 2.05) is 33.0 Å². The van der Waals surface area contributed by atoms with Crippen molar-refractivity contribution < 1.29 is 24.5 Å². The molecule has 0 radical (unpaired) electrons. The van der Waals surface area contributed by atoms with Crippen LogP contribution in [0.4, 0.5) is 0 Å². The van der Waals surface area contributed by atoms with Gasteiger partial charge in [-0.1, -0.05) is 19.9 Å². The van der Waals surface area contributed by atoms with Gasteiger partial charge in [0.25, 0.3) is 0 Å². The first-order valence-corrected chi connectivity index (χ1v) is 14.6. The standard InChI is InChI=1S/C32H49NO5/c1-29(2,3)28(37)38-22-11-14-31(6,21(18-22)10-13-30(4,5)27(35)36)24-12-15-32(7)25(23(24)19-34)17-20-9-8-16-33-26(20)32/h8-9,16,21-25,34H,10-15,17-19H2,1-7H3,(H,35,36)/t21-,22-,23+,24-,25-,31+,32-/m0/s1. The van der Waals surface area contributed by atoms with Crippen LogP contribution in [0.2, 0.25) is 0 Å². The average molecular weight is 528 g/mol. The Labute approximate surface area is 229 Å². The van der Waals surface area contributed by atoms with Gasteiger partial charge >= 0.3 is 11.9 Å². The summed E-state index contributed by atoms with van der Waals surface area (Å²) in [6.07, 6.45) is 8.63. The molecule has 212 valence electrons. The van der Waals surface area contributed by atoms with Gasteiger partial charge in [0.05, 0.1) is 10.8 Å². The number of carbonyl (C=O) groups excluding carboxylic acids is 1. The first-order chi connectivity index (χ1) is 17.6. The molecule has 3 aliphatic carbocycles. The van der Waals surface area contributed by atoms with Crippen molar-refractivity contribution in [2.45, 2.75) is 111 Å². The van der Waals surface area contributed by atoms with Gasteiger partial charge in [0.1, 0.15) is 6.10 Å². The van der Waals surface area contributed by atoms with Crippen molar-refractivity contribution in [3.63, 3.8) is 0 Å². The van der Waals surface area contributed by atoms with Crippen LogP contribution in [0.3, 0.4) is 0 Å². The number of aliphatic hydroxyl groups excluding tert-OH is 1. The van der Waals surface area contributed by atoms with Gasteiger partial charge in [-0.15, -0.1) is 0 Å². The highest BCUT2D eigenvalue weighted by atomic mass is 16.5. The van der Waals surface area contributed by atoms with Crippen molar-refractivity contribution >= 4 is 11.9 Å². The average Bonchev–Trinajstić information content (AvgIpc) is 3.15. The van der Waals surface area contributed by atoms with Crippen molar-refractivity contribution in [3.8, 4) is 0 Å². The van der Waals surface area contributed by atoms with E-state index in [0.29, 0.717) is 18.3 Å². The van der Waals surface area contributed by atoms with Gasteiger partial charge in [0.15, 0.2) is 0 Å². The van der Waals surface area contributed by atoms with Crippen LogP contribution >= 0.6 is 0 Å². The predicted octanol–water partition coefficient (Wildman–Crippen LogP) is 6.19. The smallest absolute Gasteiger partial charge is 0.311 e. The van der Waals surface area contributed by atoms with Crippen LogP contribution in [0.1, 0.15) is 105 Å². The molecule has 0 aromatic carbocycles. The van der Waals surface area contributed by atoms with Crippen LogP contribution in [-0.2, 0) is 26.2 Å². The summed E-state index contributed by atoms with van der Waals surface area (Å²) in [5.41, 5.74) is 1.10. The van der Waals surface area contributed by atoms with E-state index in [1.54, 1.807) is 13.8 Å². The number of esters is 1. The molecule has 0 saturated heterocycles. The van der Waals surface area contributed by atoms with Crippen LogP contribution in [0.25, 0.3) is 0 Å². The third-order valence-electron chi connectivity index (χ3n) is 10.8. The zero-order valence-corrected chi connectivity index (χ0v) is 24.5. The van der Waals surface area contributed by atoms with Gasteiger partial charge in [-0.2, -0.15) is 0 Å². The van der Waals surface area contributed by atoms with Gasteiger partial charge in [0.2, 0.25) is 0 Å². The van der Waals surface area contributed by atoms with E-state index in [1.165, 1.54) is 11.3 Å². The molecule has 7 atom stereocenters. The Morgan fingerprint density at radius 3 is 2.45 bits per heavy atom. The van der Waals surface area contributed by atoms with Crippen molar-refractivity contribution in [3.05, 3.63) is 29.6 Å². The molecule has 3 aliphatic rings. The number of nitrogens with zero attached hydrogens (tertiary/aromatic N) is 1. The Hall–Kier alpha value is -1.95. The molecular formula is C32H49NO5. The minimum atomic E-state index is -0.809. The number of hydrogen-bond donors (Lipinski definition) is 2. The minimum Gasteiger partial charge on any atom is -0.481 e. The lowest BCUT2D eigenvalue weighted by molar-refractivity contribution is -0.166. The fourth-order valence-corrected chi connectivity index (χ4v) is 8.10. The van der Waals surface area contributed by atoms with E-state index in [2.05, 4.69) is 19.9 Å². The van der Waals surface area contributed by atoms with Gasteiger partial charge in [-0.25, -0.2) is 0 Å². The number of aromatic nitrogens is 1. The van der Waals surface area contributed by atoms with E-state index >= 15 is 0 Å². The maximum atomic E-state index is 12.7. The second kappa shape index (κ2) is 10.2. The Bertz CT molecular complexity index is 1040. The fourth-order valence-electron chi connectivity index (χ4n) is 8.10. The van der Waals surface area contributed by atoms with Crippen LogP contribution in [0, 0.1) is 39.9 Å². The lowest BCUT2D eigenvalue weighted by Gasteiger charge is -2.56. The molecule has 0 aliphatic heterocycles. The van der Waals surface area contributed by atoms with E-state index in [-0.39, 0.29) is 41.3 Å². The topological polar surface area (TPSA) is 96.7 Å². The molecule has 1 aromatic heterocycles. The molecule has 2 N–H and O–H groups in total. The third kappa shape index (κ3) is 5.14. The van der Waals surface area contributed by atoms with E-state index in [0.717, 1.165) is 44.9 Å². The minimum absolute atomic E-state index is 0.0168.